The molecule has 1 fully saturated rings. The number of non-ortho nitro benzene ring substituents is 1. The number of anilines is 1. The van der Waals surface area contributed by atoms with Crippen LogP contribution in [0.25, 0.3) is 0 Å². The lowest BCUT2D eigenvalue weighted by Gasteiger charge is -2.35. The Bertz CT molecular complexity index is 799. The van der Waals surface area contributed by atoms with E-state index in [9.17, 15) is 14.9 Å². The lowest BCUT2D eigenvalue weighted by atomic mass is 10.1. The van der Waals surface area contributed by atoms with Crippen molar-refractivity contribution in [2.75, 3.05) is 37.7 Å². The van der Waals surface area contributed by atoms with E-state index in [1.54, 1.807) is 17.0 Å². The zero-order valence-electron chi connectivity index (χ0n) is 15.3. The maximum Gasteiger partial charge on any atom is 0.409 e. The third kappa shape index (κ3) is 4.75. The number of carbonyl (C=O) groups excluding carboxylic acids is 1. The number of benzene rings is 2. The molecule has 142 valence electrons. The van der Waals surface area contributed by atoms with Gasteiger partial charge in [0, 0.05) is 50.4 Å². The van der Waals surface area contributed by atoms with Gasteiger partial charge in [-0.25, -0.2) is 4.79 Å². The number of nitro groups is 1. The molecule has 0 bridgehead atoms. The fourth-order valence-electron chi connectivity index (χ4n) is 3.16. The van der Waals surface area contributed by atoms with E-state index in [2.05, 4.69) is 17.9 Å². The summed E-state index contributed by atoms with van der Waals surface area (Å²) in [6.07, 6.45) is 0.424. The molecule has 1 aliphatic rings. The molecule has 0 saturated carbocycles. The van der Waals surface area contributed by atoms with E-state index in [4.69, 9.17) is 4.74 Å². The first-order valence-corrected chi connectivity index (χ1v) is 9.00. The summed E-state index contributed by atoms with van der Waals surface area (Å²) in [5.41, 5.74) is 3.39. The van der Waals surface area contributed by atoms with E-state index in [1.807, 2.05) is 18.2 Å². The number of nitrogens with zero attached hydrogens (tertiary/aromatic N) is 3. The maximum absolute atomic E-state index is 12.2. The lowest BCUT2D eigenvalue weighted by molar-refractivity contribution is -0.384. The Morgan fingerprint density at radius 3 is 2.37 bits per heavy atom. The largest absolute Gasteiger partial charge is 0.449 e. The van der Waals surface area contributed by atoms with Gasteiger partial charge in [0.1, 0.15) is 0 Å². The van der Waals surface area contributed by atoms with Gasteiger partial charge in [0.2, 0.25) is 0 Å². The first-order chi connectivity index (χ1) is 13.0. The molecule has 1 aliphatic heterocycles. The number of carbonyl (C=O) groups is 1. The summed E-state index contributed by atoms with van der Waals surface area (Å²) in [6.45, 7) is 4.90. The average molecular weight is 369 g/mol. The summed E-state index contributed by atoms with van der Waals surface area (Å²) in [4.78, 5) is 26.4. The number of hydrogen-bond donors (Lipinski definition) is 0. The number of hydrogen-bond acceptors (Lipinski definition) is 5. The number of amides is 1. The number of aryl methyl sites for hydroxylation is 1. The molecule has 7 nitrogen and oxygen atoms in total. The van der Waals surface area contributed by atoms with Crippen molar-refractivity contribution in [2.45, 2.75) is 13.3 Å². The van der Waals surface area contributed by atoms with Crippen LogP contribution in [0.1, 0.15) is 11.1 Å². The standard InChI is InChI=1S/C20H23N3O4/c1-16-4-2-3-5-17(16)10-15-27-20(24)22-13-11-21(12-14-22)18-6-8-19(9-7-18)23(25)26/h2-9H,10-15H2,1H3. The van der Waals surface area contributed by atoms with Crippen molar-refractivity contribution >= 4 is 17.5 Å². The van der Waals surface area contributed by atoms with Crippen molar-refractivity contribution < 1.29 is 14.5 Å². The van der Waals surface area contributed by atoms with Crippen LogP contribution in [0.3, 0.4) is 0 Å². The van der Waals surface area contributed by atoms with Crippen molar-refractivity contribution in [3.8, 4) is 0 Å². The molecule has 2 aromatic rings. The van der Waals surface area contributed by atoms with E-state index in [-0.39, 0.29) is 11.8 Å². The average Bonchev–Trinajstić information content (AvgIpc) is 2.69. The zero-order valence-corrected chi connectivity index (χ0v) is 15.3. The minimum Gasteiger partial charge on any atom is -0.449 e. The first kappa shape index (κ1) is 18.7. The molecule has 0 aliphatic carbocycles. The van der Waals surface area contributed by atoms with Crippen molar-refractivity contribution in [3.05, 3.63) is 69.8 Å². The van der Waals surface area contributed by atoms with Gasteiger partial charge in [-0.3, -0.25) is 10.1 Å². The Morgan fingerprint density at radius 2 is 1.74 bits per heavy atom. The van der Waals surface area contributed by atoms with Crippen LogP contribution in [0.2, 0.25) is 0 Å². The molecule has 1 heterocycles. The maximum atomic E-state index is 12.2. The highest BCUT2D eigenvalue weighted by Crippen LogP contribution is 2.20. The van der Waals surface area contributed by atoms with Gasteiger partial charge < -0.3 is 14.5 Å². The summed E-state index contributed by atoms with van der Waals surface area (Å²) < 4.78 is 5.42. The van der Waals surface area contributed by atoms with E-state index < -0.39 is 4.92 Å². The highest BCUT2D eigenvalue weighted by molar-refractivity contribution is 5.68. The van der Waals surface area contributed by atoms with Gasteiger partial charge >= 0.3 is 6.09 Å². The third-order valence-electron chi connectivity index (χ3n) is 4.82. The molecule has 2 aromatic carbocycles. The van der Waals surface area contributed by atoms with Gasteiger partial charge in [-0.2, -0.15) is 0 Å². The molecule has 0 unspecified atom stereocenters. The Balaban J connectivity index is 1.45. The molecule has 7 heteroatoms. The van der Waals surface area contributed by atoms with Gasteiger partial charge in [-0.1, -0.05) is 24.3 Å². The Hall–Kier alpha value is -3.09. The number of nitro benzene ring substituents is 1. The second-order valence-electron chi connectivity index (χ2n) is 6.54. The minimum atomic E-state index is -0.408. The molecule has 0 spiro atoms. The zero-order chi connectivity index (χ0) is 19.2. The Labute approximate surface area is 158 Å². The molecular formula is C20H23N3O4. The number of ether oxygens (including phenoxy) is 1. The number of piperazine rings is 1. The normalized spacial score (nSPS) is 14.1. The Kier molecular flexibility index (Phi) is 5.90. The summed E-state index contributed by atoms with van der Waals surface area (Å²) in [5, 5.41) is 10.7. The van der Waals surface area contributed by atoms with E-state index in [0.717, 1.165) is 5.69 Å². The second kappa shape index (κ2) is 8.53. The van der Waals surface area contributed by atoms with Gasteiger partial charge in [-0.05, 0) is 30.2 Å². The predicted octanol–water partition coefficient (Wildman–Crippen LogP) is 3.40. The van der Waals surface area contributed by atoms with Gasteiger partial charge in [0.25, 0.3) is 5.69 Å². The summed E-state index contributed by atoms with van der Waals surface area (Å²) >= 11 is 0. The van der Waals surface area contributed by atoms with Gasteiger partial charge in [-0.15, -0.1) is 0 Å². The van der Waals surface area contributed by atoms with Crippen LogP contribution in [0.5, 0.6) is 0 Å². The third-order valence-corrected chi connectivity index (χ3v) is 4.82. The molecule has 1 amide bonds. The molecule has 0 atom stereocenters. The SMILES string of the molecule is Cc1ccccc1CCOC(=O)N1CCN(c2ccc([N+](=O)[O-])cc2)CC1. The minimum absolute atomic E-state index is 0.0783. The molecule has 0 aromatic heterocycles. The predicted molar refractivity (Wildman–Crippen MR) is 103 cm³/mol. The van der Waals surface area contributed by atoms with Gasteiger partial charge in [0.05, 0.1) is 11.5 Å². The first-order valence-electron chi connectivity index (χ1n) is 9.00. The molecule has 0 radical (unpaired) electrons. The monoisotopic (exact) mass is 369 g/mol. The van der Waals surface area contributed by atoms with E-state index >= 15 is 0 Å². The molecular weight excluding hydrogens is 346 g/mol. The fourth-order valence-corrected chi connectivity index (χ4v) is 3.16. The molecule has 0 N–H and O–H groups in total. The van der Waals surface area contributed by atoms with Crippen molar-refractivity contribution in [2.24, 2.45) is 0 Å². The van der Waals surface area contributed by atoms with Crippen LogP contribution in [0.4, 0.5) is 16.2 Å². The Morgan fingerprint density at radius 1 is 1.07 bits per heavy atom. The van der Waals surface area contributed by atoms with Crippen LogP contribution in [0.15, 0.2) is 48.5 Å². The molecule has 1 saturated heterocycles. The highest BCUT2D eigenvalue weighted by Gasteiger charge is 2.22. The highest BCUT2D eigenvalue weighted by atomic mass is 16.6. The van der Waals surface area contributed by atoms with Crippen molar-refractivity contribution in [1.82, 2.24) is 4.90 Å². The van der Waals surface area contributed by atoms with Crippen LogP contribution < -0.4 is 4.90 Å². The molecule has 27 heavy (non-hydrogen) atoms. The smallest absolute Gasteiger partial charge is 0.409 e. The van der Waals surface area contributed by atoms with Crippen LogP contribution in [0, 0.1) is 17.0 Å². The van der Waals surface area contributed by atoms with Crippen LogP contribution in [-0.4, -0.2) is 48.7 Å². The topological polar surface area (TPSA) is 75.9 Å². The fraction of sp³-hybridized carbons (Fsp3) is 0.350. The van der Waals surface area contributed by atoms with E-state index in [1.165, 1.54) is 23.3 Å². The summed E-state index contributed by atoms with van der Waals surface area (Å²) in [7, 11) is 0. The quantitative estimate of drug-likeness (QED) is 0.596. The van der Waals surface area contributed by atoms with Crippen LogP contribution >= 0.6 is 0 Å². The van der Waals surface area contributed by atoms with Crippen molar-refractivity contribution in [3.63, 3.8) is 0 Å². The molecule has 3 rings (SSSR count). The van der Waals surface area contributed by atoms with Gasteiger partial charge in [0.15, 0.2) is 0 Å². The summed E-state index contributed by atoms with van der Waals surface area (Å²) in [6, 6.07) is 14.6. The summed E-state index contributed by atoms with van der Waals surface area (Å²) in [5.74, 6) is 0. The van der Waals surface area contributed by atoms with Crippen LogP contribution in [-0.2, 0) is 11.2 Å². The lowest BCUT2D eigenvalue weighted by Crippen LogP contribution is -2.49. The van der Waals surface area contributed by atoms with E-state index in [0.29, 0.717) is 39.2 Å². The van der Waals surface area contributed by atoms with Crippen molar-refractivity contribution in [1.29, 1.82) is 0 Å². The second-order valence-corrected chi connectivity index (χ2v) is 6.54. The number of rotatable bonds is 5.